The number of rotatable bonds is 8. The van der Waals surface area contributed by atoms with Crippen molar-refractivity contribution in [3.05, 3.63) is 91.4 Å². The first-order chi connectivity index (χ1) is 17.3. The number of amides is 3. The SMILES string of the molecule is COc1cc(/C=C2/SC(=O)N(CC(=O)Nc3ccc(I)cc3)C2=O)ccc1OCc1ccccc1Cl. The zero-order chi connectivity index (χ0) is 25.7. The van der Waals surface area contributed by atoms with Crippen LogP contribution in [0.25, 0.3) is 6.08 Å². The molecule has 1 aliphatic rings. The Morgan fingerprint density at radius 2 is 1.83 bits per heavy atom. The summed E-state index contributed by atoms with van der Waals surface area (Å²) in [7, 11) is 1.52. The van der Waals surface area contributed by atoms with Gasteiger partial charge >= 0.3 is 0 Å². The van der Waals surface area contributed by atoms with Gasteiger partial charge in [0.1, 0.15) is 13.2 Å². The van der Waals surface area contributed by atoms with Crippen molar-refractivity contribution >= 4 is 74.8 Å². The first-order valence-corrected chi connectivity index (χ1v) is 13.0. The largest absolute Gasteiger partial charge is 0.493 e. The molecule has 0 atom stereocenters. The standard InChI is InChI=1S/C26H20ClIN2O5S/c1-34-22-12-16(6-11-21(22)35-15-17-4-2-3-5-20(17)27)13-23-25(32)30(26(33)36-23)14-24(31)29-19-9-7-18(28)8-10-19/h2-13H,14-15H2,1H3,(H,29,31)/b23-13+. The van der Waals surface area contributed by atoms with Gasteiger partial charge in [-0.2, -0.15) is 0 Å². The van der Waals surface area contributed by atoms with Gasteiger partial charge in [0.2, 0.25) is 5.91 Å². The second-order valence-corrected chi connectivity index (χ2v) is 10.3. The molecule has 0 saturated carbocycles. The molecule has 0 bridgehead atoms. The molecule has 0 aliphatic carbocycles. The van der Waals surface area contributed by atoms with Crippen molar-refractivity contribution in [2.45, 2.75) is 6.61 Å². The fourth-order valence-corrected chi connectivity index (χ4v) is 4.72. The molecule has 1 saturated heterocycles. The molecule has 0 spiro atoms. The summed E-state index contributed by atoms with van der Waals surface area (Å²) in [5.74, 6) is -0.0101. The summed E-state index contributed by atoms with van der Waals surface area (Å²) in [5.41, 5.74) is 2.07. The van der Waals surface area contributed by atoms with Gasteiger partial charge in [0.05, 0.1) is 12.0 Å². The molecule has 7 nitrogen and oxygen atoms in total. The van der Waals surface area contributed by atoms with Crippen molar-refractivity contribution < 1.29 is 23.9 Å². The van der Waals surface area contributed by atoms with E-state index in [0.29, 0.717) is 27.8 Å². The van der Waals surface area contributed by atoms with E-state index in [2.05, 4.69) is 27.9 Å². The second kappa shape index (κ2) is 11.8. The second-order valence-electron chi connectivity index (χ2n) is 7.61. The Hall–Kier alpha value is -3.02. The Kier molecular flexibility index (Phi) is 8.55. The van der Waals surface area contributed by atoms with E-state index in [-0.39, 0.29) is 18.1 Å². The summed E-state index contributed by atoms with van der Waals surface area (Å²) in [5, 5.41) is 2.80. The molecule has 3 aromatic carbocycles. The topological polar surface area (TPSA) is 84.9 Å². The van der Waals surface area contributed by atoms with Gasteiger partial charge < -0.3 is 14.8 Å². The lowest BCUT2D eigenvalue weighted by Gasteiger charge is -2.13. The molecule has 36 heavy (non-hydrogen) atoms. The van der Waals surface area contributed by atoms with Crippen molar-refractivity contribution in [2.24, 2.45) is 0 Å². The van der Waals surface area contributed by atoms with Gasteiger partial charge in [-0.3, -0.25) is 19.3 Å². The molecule has 0 radical (unpaired) electrons. The molecule has 10 heteroatoms. The predicted molar refractivity (Wildman–Crippen MR) is 149 cm³/mol. The molecule has 184 valence electrons. The van der Waals surface area contributed by atoms with Gasteiger partial charge in [-0.1, -0.05) is 35.9 Å². The first-order valence-electron chi connectivity index (χ1n) is 10.7. The van der Waals surface area contributed by atoms with Crippen LogP contribution in [0.5, 0.6) is 11.5 Å². The number of anilines is 1. The van der Waals surface area contributed by atoms with Gasteiger partial charge in [-0.25, -0.2) is 0 Å². The zero-order valence-corrected chi connectivity index (χ0v) is 22.7. The van der Waals surface area contributed by atoms with E-state index in [0.717, 1.165) is 25.8 Å². The minimum absolute atomic E-state index is 0.217. The number of ether oxygens (including phenoxy) is 2. The number of nitrogens with zero attached hydrogens (tertiary/aromatic N) is 1. The summed E-state index contributed by atoms with van der Waals surface area (Å²) < 4.78 is 12.3. The number of halogens is 2. The van der Waals surface area contributed by atoms with E-state index < -0.39 is 17.1 Å². The molecule has 1 heterocycles. The predicted octanol–water partition coefficient (Wildman–Crippen LogP) is 6.21. The third kappa shape index (κ3) is 6.40. The highest BCUT2D eigenvalue weighted by atomic mass is 127. The molecule has 3 aromatic rings. The lowest BCUT2D eigenvalue weighted by Crippen LogP contribution is -2.36. The summed E-state index contributed by atoms with van der Waals surface area (Å²) in [6.45, 7) is -0.106. The Labute approximate surface area is 230 Å². The summed E-state index contributed by atoms with van der Waals surface area (Å²) in [4.78, 5) is 38.8. The average Bonchev–Trinajstić information content (AvgIpc) is 3.12. The Morgan fingerprint density at radius 3 is 2.56 bits per heavy atom. The summed E-state index contributed by atoms with van der Waals surface area (Å²) >= 11 is 9.14. The molecule has 1 aliphatic heterocycles. The smallest absolute Gasteiger partial charge is 0.294 e. The van der Waals surface area contributed by atoms with Gasteiger partial charge in [0.15, 0.2) is 11.5 Å². The number of benzene rings is 3. The summed E-state index contributed by atoms with van der Waals surface area (Å²) in [6, 6.07) is 19.8. The highest BCUT2D eigenvalue weighted by molar-refractivity contribution is 14.1. The van der Waals surface area contributed by atoms with Crippen LogP contribution < -0.4 is 14.8 Å². The number of carbonyl (C=O) groups excluding carboxylic acids is 3. The maximum absolute atomic E-state index is 12.8. The van der Waals surface area contributed by atoms with Crippen molar-refractivity contribution in [2.75, 3.05) is 19.0 Å². The van der Waals surface area contributed by atoms with E-state index in [1.165, 1.54) is 7.11 Å². The quantitative estimate of drug-likeness (QED) is 0.235. The lowest BCUT2D eigenvalue weighted by molar-refractivity contribution is -0.127. The third-order valence-electron chi connectivity index (χ3n) is 5.13. The average molecular weight is 635 g/mol. The number of methoxy groups -OCH3 is 1. The molecule has 0 aromatic heterocycles. The number of imide groups is 1. The van der Waals surface area contributed by atoms with Crippen LogP contribution in [0.3, 0.4) is 0 Å². The van der Waals surface area contributed by atoms with Gasteiger partial charge in [0.25, 0.3) is 11.1 Å². The molecular weight excluding hydrogens is 615 g/mol. The van der Waals surface area contributed by atoms with E-state index in [4.69, 9.17) is 21.1 Å². The lowest BCUT2D eigenvalue weighted by atomic mass is 10.1. The van der Waals surface area contributed by atoms with Crippen molar-refractivity contribution in [1.82, 2.24) is 4.90 Å². The van der Waals surface area contributed by atoms with Crippen LogP contribution in [-0.2, 0) is 16.2 Å². The zero-order valence-electron chi connectivity index (χ0n) is 19.0. The number of thioether (sulfide) groups is 1. The number of hydrogen-bond acceptors (Lipinski definition) is 6. The van der Waals surface area contributed by atoms with Crippen molar-refractivity contribution in [3.63, 3.8) is 0 Å². The van der Waals surface area contributed by atoms with Crippen molar-refractivity contribution in [1.29, 1.82) is 0 Å². The molecule has 0 unspecified atom stereocenters. The van der Waals surface area contributed by atoms with E-state index in [1.807, 2.05) is 30.3 Å². The minimum atomic E-state index is -0.527. The van der Waals surface area contributed by atoms with Crippen LogP contribution in [-0.4, -0.2) is 35.6 Å². The van der Waals surface area contributed by atoms with Crippen LogP contribution in [0.4, 0.5) is 10.5 Å². The fourth-order valence-electron chi connectivity index (χ4n) is 3.33. The Bertz CT molecular complexity index is 1350. The van der Waals surface area contributed by atoms with Crippen LogP contribution in [0.2, 0.25) is 5.02 Å². The fraction of sp³-hybridized carbons (Fsp3) is 0.115. The molecule has 4 rings (SSSR count). The highest BCUT2D eigenvalue weighted by Gasteiger charge is 2.36. The molecular formula is C26H20ClIN2O5S. The molecule has 3 amide bonds. The first kappa shape index (κ1) is 26.1. The van der Waals surface area contributed by atoms with E-state index in [9.17, 15) is 14.4 Å². The summed E-state index contributed by atoms with van der Waals surface area (Å²) in [6.07, 6.45) is 1.59. The van der Waals surface area contributed by atoms with Crippen LogP contribution in [0.1, 0.15) is 11.1 Å². The molecule has 1 N–H and O–H groups in total. The number of hydrogen-bond donors (Lipinski definition) is 1. The maximum atomic E-state index is 12.8. The van der Waals surface area contributed by atoms with Crippen LogP contribution in [0.15, 0.2) is 71.6 Å². The van der Waals surface area contributed by atoms with Gasteiger partial charge in [0, 0.05) is 19.8 Å². The van der Waals surface area contributed by atoms with Crippen LogP contribution >= 0.6 is 46.0 Å². The van der Waals surface area contributed by atoms with E-state index >= 15 is 0 Å². The molecule has 1 fully saturated rings. The van der Waals surface area contributed by atoms with Crippen molar-refractivity contribution in [3.8, 4) is 11.5 Å². The normalized spacial score (nSPS) is 14.3. The van der Waals surface area contributed by atoms with Crippen LogP contribution in [0, 0.1) is 3.57 Å². The Balaban J connectivity index is 1.43. The number of nitrogens with one attached hydrogen (secondary N) is 1. The van der Waals surface area contributed by atoms with E-state index in [1.54, 1.807) is 42.5 Å². The number of carbonyl (C=O) groups is 3. The monoisotopic (exact) mass is 634 g/mol. The van der Waals surface area contributed by atoms with Gasteiger partial charge in [-0.15, -0.1) is 0 Å². The third-order valence-corrected chi connectivity index (χ3v) is 7.13. The highest BCUT2D eigenvalue weighted by Crippen LogP contribution is 2.35. The Morgan fingerprint density at radius 1 is 1.08 bits per heavy atom. The maximum Gasteiger partial charge on any atom is 0.294 e. The van der Waals surface area contributed by atoms with Gasteiger partial charge in [-0.05, 0) is 88.5 Å². The minimum Gasteiger partial charge on any atom is -0.493 e.